The highest BCUT2D eigenvalue weighted by molar-refractivity contribution is 6.42. The van der Waals surface area contributed by atoms with Crippen LogP contribution in [0.1, 0.15) is 0 Å². The average Bonchev–Trinajstić information content (AvgIpc) is 2.51. The van der Waals surface area contributed by atoms with Gasteiger partial charge in [0.25, 0.3) is 0 Å². The summed E-state index contributed by atoms with van der Waals surface area (Å²) in [6.07, 6.45) is 0. The van der Waals surface area contributed by atoms with Gasteiger partial charge in [-0.3, -0.25) is 5.43 Å². The van der Waals surface area contributed by atoms with Gasteiger partial charge in [-0.25, -0.2) is 10.8 Å². The number of hydrogen-bond acceptors (Lipinski definition) is 5. The lowest BCUT2D eigenvalue weighted by molar-refractivity contribution is 1.15. The van der Waals surface area contributed by atoms with Crippen molar-refractivity contribution in [1.29, 1.82) is 0 Å². The standard InChI is InChI=1S/C14H11Cl2N5/c15-10-6-5-8(7-11(10)16)18-13-9-3-1-2-4-12(9)19-14(20-13)21-17/h1-7H,17H2,(H2,18,19,20,21). The predicted molar refractivity (Wildman–Crippen MR) is 87.1 cm³/mol. The number of fused-ring (bicyclic) bond motifs is 1. The molecule has 5 nitrogen and oxygen atoms in total. The average molecular weight is 320 g/mol. The van der Waals surface area contributed by atoms with Crippen LogP contribution in [0.25, 0.3) is 10.9 Å². The van der Waals surface area contributed by atoms with Crippen molar-refractivity contribution in [2.75, 3.05) is 10.7 Å². The zero-order valence-corrected chi connectivity index (χ0v) is 12.3. The Hall–Kier alpha value is -2.08. The van der Waals surface area contributed by atoms with Gasteiger partial charge < -0.3 is 5.32 Å². The Kier molecular flexibility index (Phi) is 3.79. The van der Waals surface area contributed by atoms with Gasteiger partial charge in [0, 0.05) is 11.1 Å². The van der Waals surface area contributed by atoms with Gasteiger partial charge in [0.15, 0.2) is 0 Å². The zero-order valence-electron chi connectivity index (χ0n) is 10.8. The third-order valence-electron chi connectivity index (χ3n) is 2.91. The molecule has 1 heterocycles. The molecule has 0 aliphatic carbocycles. The number of hydrogen-bond donors (Lipinski definition) is 3. The second kappa shape index (κ2) is 5.73. The lowest BCUT2D eigenvalue weighted by atomic mass is 10.2. The van der Waals surface area contributed by atoms with Crippen LogP contribution in [0.4, 0.5) is 17.5 Å². The summed E-state index contributed by atoms with van der Waals surface area (Å²) in [5, 5.41) is 5.05. The van der Waals surface area contributed by atoms with Crippen molar-refractivity contribution < 1.29 is 0 Å². The molecule has 2 aromatic carbocycles. The van der Waals surface area contributed by atoms with Crippen LogP contribution in [0.15, 0.2) is 42.5 Å². The van der Waals surface area contributed by atoms with Crippen molar-refractivity contribution in [1.82, 2.24) is 9.97 Å². The number of para-hydroxylation sites is 1. The van der Waals surface area contributed by atoms with Crippen molar-refractivity contribution in [2.45, 2.75) is 0 Å². The normalized spacial score (nSPS) is 10.6. The molecule has 3 aromatic rings. The first-order valence-electron chi connectivity index (χ1n) is 6.13. The minimum atomic E-state index is 0.330. The fraction of sp³-hybridized carbons (Fsp3) is 0. The van der Waals surface area contributed by atoms with Gasteiger partial charge in [-0.1, -0.05) is 35.3 Å². The Bertz CT molecular complexity index is 806. The second-order valence-electron chi connectivity index (χ2n) is 4.31. The van der Waals surface area contributed by atoms with E-state index in [1.165, 1.54) is 0 Å². The maximum atomic E-state index is 6.02. The molecule has 0 atom stereocenters. The van der Waals surface area contributed by atoms with Crippen LogP contribution in [0.3, 0.4) is 0 Å². The maximum Gasteiger partial charge on any atom is 0.239 e. The van der Waals surface area contributed by atoms with Crippen molar-refractivity contribution in [3.8, 4) is 0 Å². The summed E-state index contributed by atoms with van der Waals surface area (Å²) in [5.41, 5.74) is 4.01. The fourth-order valence-electron chi connectivity index (χ4n) is 1.95. The van der Waals surface area contributed by atoms with Crippen LogP contribution in [-0.4, -0.2) is 9.97 Å². The number of nitrogens with zero attached hydrogens (tertiary/aromatic N) is 2. The summed E-state index contributed by atoms with van der Waals surface area (Å²) >= 11 is 11.9. The Morgan fingerprint density at radius 2 is 1.76 bits per heavy atom. The van der Waals surface area contributed by atoms with Gasteiger partial charge in [-0.15, -0.1) is 0 Å². The van der Waals surface area contributed by atoms with Crippen LogP contribution in [0.2, 0.25) is 10.0 Å². The predicted octanol–water partition coefficient (Wildman–Crippen LogP) is 3.97. The molecule has 0 unspecified atom stereocenters. The first-order chi connectivity index (χ1) is 10.2. The number of aromatic nitrogens is 2. The van der Waals surface area contributed by atoms with Crippen LogP contribution >= 0.6 is 23.2 Å². The smallest absolute Gasteiger partial charge is 0.239 e. The quantitative estimate of drug-likeness (QED) is 0.503. The Morgan fingerprint density at radius 3 is 2.52 bits per heavy atom. The SMILES string of the molecule is NNc1nc(Nc2ccc(Cl)c(Cl)c2)c2ccccc2n1. The van der Waals surface area contributed by atoms with E-state index in [1.54, 1.807) is 12.1 Å². The number of hydrazine groups is 1. The highest BCUT2D eigenvalue weighted by Gasteiger charge is 2.08. The molecule has 4 N–H and O–H groups in total. The summed E-state index contributed by atoms with van der Waals surface area (Å²) in [6.45, 7) is 0. The van der Waals surface area contributed by atoms with E-state index in [0.29, 0.717) is 21.8 Å². The van der Waals surface area contributed by atoms with E-state index in [-0.39, 0.29) is 0 Å². The molecule has 0 aliphatic rings. The summed E-state index contributed by atoms with van der Waals surface area (Å²) in [7, 11) is 0. The van der Waals surface area contributed by atoms with Crippen LogP contribution in [0, 0.1) is 0 Å². The Morgan fingerprint density at radius 1 is 0.952 bits per heavy atom. The molecule has 0 fully saturated rings. The number of nitrogens with two attached hydrogens (primary N) is 1. The molecule has 7 heteroatoms. The van der Waals surface area contributed by atoms with Gasteiger partial charge in [0.2, 0.25) is 5.95 Å². The molecule has 0 saturated carbocycles. The van der Waals surface area contributed by atoms with Crippen molar-refractivity contribution in [3.05, 3.63) is 52.5 Å². The van der Waals surface area contributed by atoms with E-state index in [9.17, 15) is 0 Å². The number of halogens is 2. The van der Waals surface area contributed by atoms with E-state index in [0.717, 1.165) is 16.6 Å². The molecule has 0 amide bonds. The number of benzene rings is 2. The lowest BCUT2D eigenvalue weighted by Gasteiger charge is -2.11. The fourth-order valence-corrected chi connectivity index (χ4v) is 2.25. The number of nitrogen functional groups attached to an aromatic ring is 1. The number of nitrogens with one attached hydrogen (secondary N) is 2. The van der Waals surface area contributed by atoms with Gasteiger partial charge in [0.1, 0.15) is 5.82 Å². The van der Waals surface area contributed by atoms with E-state index in [2.05, 4.69) is 20.7 Å². The van der Waals surface area contributed by atoms with Gasteiger partial charge >= 0.3 is 0 Å². The second-order valence-corrected chi connectivity index (χ2v) is 5.13. The van der Waals surface area contributed by atoms with E-state index in [4.69, 9.17) is 29.0 Å². The molecule has 0 aliphatic heterocycles. The maximum absolute atomic E-state index is 6.02. The molecule has 0 bridgehead atoms. The molecule has 0 saturated heterocycles. The minimum absolute atomic E-state index is 0.330. The first kappa shape index (κ1) is 13.9. The van der Waals surface area contributed by atoms with Gasteiger partial charge in [-0.2, -0.15) is 4.98 Å². The van der Waals surface area contributed by atoms with Crippen molar-refractivity contribution in [2.24, 2.45) is 5.84 Å². The minimum Gasteiger partial charge on any atom is -0.340 e. The van der Waals surface area contributed by atoms with Gasteiger partial charge in [-0.05, 0) is 30.3 Å². The molecule has 0 spiro atoms. The third-order valence-corrected chi connectivity index (χ3v) is 3.65. The number of anilines is 3. The largest absolute Gasteiger partial charge is 0.340 e. The van der Waals surface area contributed by atoms with Crippen molar-refractivity contribution in [3.63, 3.8) is 0 Å². The van der Waals surface area contributed by atoms with Crippen LogP contribution in [-0.2, 0) is 0 Å². The summed E-state index contributed by atoms with van der Waals surface area (Å²) in [6, 6.07) is 12.9. The Balaban J connectivity index is 2.08. The van der Waals surface area contributed by atoms with Gasteiger partial charge in [0.05, 0.1) is 15.6 Å². The Labute approximate surface area is 131 Å². The summed E-state index contributed by atoms with van der Waals surface area (Å²) in [5.74, 6) is 6.37. The zero-order chi connectivity index (χ0) is 14.8. The highest BCUT2D eigenvalue weighted by Crippen LogP contribution is 2.29. The van der Waals surface area contributed by atoms with E-state index >= 15 is 0 Å². The van der Waals surface area contributed by atoms with Crippen LogP contribution in [0.5, 0.6) is 0 Å². The monoisotopic (exact) mass is 319 g/mol. The molecular weight excluding hydrogens is 309 g/mol. The molecule has 21 heavy (non-hydrogen) atoms. The van der Waals surface area contributed by atoms with Crippen LogP contribution < -0.4 is 16.6 Å². The third kappa shape index (κ3) is 2.85. The highest BCUT2D eigenvalue weighted by atomic mass is 35.5. The molecule has 0 radical (unpaired) electrons. The summed E-state index contributed by atoms with van der Waals surface area (Å²) in [4.78, 5) is 8.63. The molecule has 106 valence electrons. The number of rotatable bonds is 3. The topological polar surface area (TPSA) is 75.9 Å². The lowest BCUT2D eigenvalue weighted by Crippen LogP contribution is -2.11. The molecule has 3 rings (SSSR count). The summed E-state index contributed by atoms with van der Waals surface area (Å²) < 4.78 is 0. The first-order valence-corrected chi connectivity index (χ1v) is 6.88. The molecular formula is C14H11Cl2N5. The molecule has 1 aromatic heterocycles. The van der Waals surface area contributed by atoms with E-state index < -0.39 is 0 Å². The van der Waals surface area contributed by atoms with E-state index in [1.807, 2.05) is 30.3 Å². The van der Waals surface area contributed by atoms with Crippen molar-refractivity contribution >= 4 is 51.6 Å².